The molecule has 1 saturated heterocycles. The molecular formula is C17H22N4OS. The quantitative estimate of drug-likeness (QED) is 0.936. The molecule has 1 aromatic carbocycles. The molecule has 23 heavy (non-hydrogen) atoms. The Balaban J connectivity index is 1.57. The maximum absolute atomic E-state index is 12.5. The molecule has 1 aliphatic heterocycles. The highest BCUT2D eigenvalue weighted by Crippen LogP contribution is 2.20. The van der Waals surface area contributed by atoms with E-state index in [-0.39, 0.29) is 11.9 Å². The van der Waals surface area contributed by atoms with Gasteiger partial charge in [-0.3, -0.25) is 9.69 Å². The topological polar surface area (TPSA) is 48.5 Å². The number of hydrogen-bond acceptors (Lipinski definition) is 5. The van der Waals surface area contributed by atoms with Crippen LogP contribution in [0.25, 0.3) is 0 Å². The van der Waals surface area contributed by atoms with Gasteiger partial charge in [0.1, 0.15) is 0 Å². The van der Waals surface area contributed by atoms with Crippen LogP contribution in [0.2, 0.25) is 0 Å². The van der Waals surface area contributed by atoms with Gasteiger partial charge in [-0.1, -0.05) is 18.2 Å². The molecule has 6 heteroatoms. The van der Waals surface area contributed by atoms with Gasteiger partial charge in [-0.2, -0.15) is 0 Å². The summed E-state index contributed by atoms with van der Waals surface area (Å²) in [6.07, 6.45) is 2.89. The second-order valence-electron chi connectivity index (χ2n) is 5.72. The highest BCUT2D eigenvalue weighted by atomic mass is 32.1. The third-order valence-corrected chi connectivity index (χ3v) is 5.02. The average molecular weight is 330 g/mol. The van der Waals surface area contributed by atoms with E-state index in [1.54, 1.807) is 11.3 Å². The first-order chi connectivity index (χ1) is 11.2. The zero-order valence-electron chi connectivity index (χ0n) is 13.3. The molecule has 0 saturated carbocycles. The zero-order valence-corrected chi connectivity index (χ0v) is 14.1. The molecule has 1 N–H and O–H groups in total. The third kappa shape index (κ3) is 4.09. The van der Waals surface area contributed by atoms with E-state index in [1.165, 1.54) is 0 Å². The van der Waals surface area contributed by atoms with Crippen molar-refractivity contribution in [3.05, 3.63) is 41.9 Å². The molecule has 1 aromatic heterocycles. The van der Waals surface area contributed by atoms with Gasteiger partial charge in [0.15, 0.2) is 5.13 Å². The lowest BCUT2D eigenvalue weighted by atomic mass is 10.2. The fraction of sp³-hybridized carbons (Fsp3) is 0.412. The molecule has 1 atom stereocenters. The lowest BCUT2D eigenvalue weighted by Crippen LogP contribution is -2.43. The molecule has 0 radical (unpaired) electrons. The van der Waals surface area contributed by atoms with E-state index in [4.69, 9.17) is 0 Å². The van der Waals surface area contributed by atoms with Crippen LogP contribution in [-0.2, 0) is 4.79 Å². The molecular weight excluding hydrogens is 308 g/mol. The number of carbonyl (C=O) groups is 1. The summed E-state index contributed by atoms with van der Waals surface area (Å²) in [6.45, 7) is 5.71. The van der Waals surface area contributed by atoms with Crippen LogP contribution in [-0.4, -0.2) is 48.0 Å². The zero-order chi connectivity index (χ0) is 16.1. The maximum atomic E-state index is 12.5. The number of benzene rings is 1. The Bertz CT molecular complexity index is 617. The summed E-state index contributed by atoms with van der Waals surface area (Å²) in [5.74, 6) is 0.0545. The molecule has 0 unspecified atom stereocenters. The van der Waals surface area contributed by atoms with Gasteiger partial charge in [-0.15, -0.1) is 11.3 Å². The van der Waals surface area contributed by atoms with Gasteiger partial charge in [0.2, 0.25) is 5.91 Å². The monoisotopic (exact) mass is 330 g/mol. The van der Waals surface area contributed by atoms with Gasteiger partial charge in [0.05, 0.1) is 6.04 Å². The van der Waals surface area contributed by atoms with Gasteiger partial charge in [0.25, 0.3) is 0 Å². The molecule has 1 fully saturated rings. The fourth-order valence-electron chi connectivity index (χ4n) is 2.82. The van der Waals surface area contributed by atoms with Crippen LogP contribution in [0.4, 0.5) is 10.8 Å². The number of para-hydroxylation sites is 1. The second-order valence-corrected chi connectivity index (χ2v) is 6.60. The molecule has 0 bridgehead atoms. The van der Waals surface area contributed by atoms with Crippen LogP contribution in [0.3, 0.4) is 0 Å². The third-order valence-electron chi connectivity index (χ3n) is 4.19. The van der Waals surface area contributed by atoms with Gasteiger partial charge in [0, 0.05) is 43.4 Å². The smallest absolute Gasteiger partial charge is 0.241 e. The van der Waals surface area contributed by atoms with Crippen molar-refractivity contribution in [1.29, 1.82) is 0 Å². The van der Waals surface area contributed by atoms with Crippen LogP contribution in [0.15, 0.2) is 41.9 Å². The van der Waals surface area contributed by atoms with Crippen molar-refractivity contribution in [2.75, 3.05) is 36.4 Å². The molecule has 2 aromatic rings. The number of rotatable bonds is 4. The summed E-state index contributed by atoms with van der Waals surface area (Å²) in [7, 11) is 0. The number of hydrogen-bond donors (Lipinski definition) is 1. The van der Waals surface area contributed by atoms with Crippen molar-refractivity contribution in [3.8, 4) is 0 Å². The Morgan fingerprint density at radius 3 is 2.78 bits per heavy atom. The van der Waals surface area contributed by atoms with Crippen molar-refractivity contribution < 1.29 is 4.79 Å². The number of aromatic nitrogens is 1. The Morgan fingerprint density at radius 2 is 2.04 bits per heavy atom. The second kappa shape index (κ2) is 7.57. The van der Waals surface area contributed by atoms with Crippen molar-refractivity contribution in [1.82, 2.24) is 9.88 Å². The van der Waals surface area contributed by atoms with E-state index in [1.807, 2.05) is 48.8 Å². The van der Waals surface area contributed by atoms with Crippen LogP contribution in [0, 0.1) is 0 Å². The average Bonchev–Trinajstić information content (AvgIpc) is 3.00. The van der Waals surface area contributed by atoms with Crippen molar-refractivity contribution >= 4 is 28.1 Å². The van der Waals surface area contributed by atoms with E-state index in [9.17, 15) is 4.79 Å². The molecule has 0 aliphatic carbocycles. The molecule has 0 spiro atoms. The maximum Gasteiger partial charge on any atom is 0.241 e. The lowest BCUT2D eigenvalue weighted by molar-refractivity contribution is -0.120. The molecule has 122 valence electrons. The lowest BCUT2D eigenvalue weighted by Gasteiger charge is -2.26. The van der Waals surface area contributed by atoms with Crippen LogP contribution >= 0.6 is 11.3 Å². The fourth-order valence-corrected chi connectivity index (χ4v) is 3.52. The van der Waals surface area contributed by atoms with E-state index in [0.29, 0.717) is 0 Å². The first-order valence-electron chi connectivity index (χ1n) is 7.98. The van der Waals surface area contributed by atoms with Gasteiger partial charge in [-0.05, 0) is 25.5 Å². The summed E-state index contributed by atoms with van der Waals surface area (Å²) in [4.78, 5) is 21.4. The number of nitrogens with zero attached hydrogens (tertiary/aromatic N) is 3. The van der Waals surface area contributed by atoms with Crippen molar-refractivity contribution in [3.63, 3.8) is 0 Å². The number of amides is 1. The van der Waals surface area contributed by atoms with Crippen molar-refractivity contribution in [2.24, 2.45) is 0 Å². The first-order valence-corrected chi connectivity index (χ1v) is 8.86. The molecule has 2 heterocycles. The standard InChI is InChI=1S/C17H22N4OS/c1-14(16(22)19-15-6-3-2-4-7-15)20-9-5-10-21(12-11-20)17-18-8-13-23-17/h2-4,6-8,13-14H,5,9-12H2,1H3,(H,19,22)/t14-/m1/s1. The number of anilines is 2. The Morgan fingerprint density at radius 1 is 1.22 bits per heavy atom. The van der Waals surface area contributed by atoms with Crippen LogP contribution in [0.1, 0.15) is 13.3 Å². The van der Waals surface area contributed by atoms with Gasteiger partial charge >= 0.3 is 0 Å². The Labute approximate surface area is 140 Å². The summed E-state index contributed by atoms with van der Waals surface area (Å²) in [5.41, 5.74) is 0.851. The highest BCUT2D eigenvalue weighted by Gasteiger charge is 2.24. The minimum Gasteiger partial charge on any atom is -0.347 e. The summed E-state index contributed by atoms with van der Waals surface area (Å²) in [6, 6.07) is 9.50. The highest BCUT2D eigenvalue weighted by molar-refractivity contribution is 7.13. The normalized spacial score (nSPS) is 17.5. The Kier molecular flexibility index (Phi) is 5.25. The van der Waals surface area contributed by atoms with E-state index in [0.717, 1.165) is 43.4 Å². The van der Waals surface area contributed by atoms with E-state index < -0.39 is 0 Å². The summed E-state index contributed by atoms with van der Waals surface area (Å²) >= 11 is 1.67. The van der Waals surface area contributed by atoms with E-state index >= 15 is 0 Å². The summed E-state index contributed by atoms with van der Waals surface area (Å²) < 4.78 is 0. The van der Waals surface area contributed by atoms with Crippen molar-refractivity contribution in [2.45, 2.75) is 19.4 Å². The molecule has 1 aliphatic rings. The number of carbonyl (C=O) groups excluding carboxylic acids is 1. The minimum absolute atomic E-state index is 0.0545. The Hall–Kier alpha value is -1.92. The number of nitrogens with one attached hydrogen (secondary N) is 1. The van der Waals surface area contributed by atoms with Crippen LogP contribution < -0.4 is 10.2 Å². The van der Waals surface area contributed by atoms with E-state index in [2.05, 4.69) is 20.1 Å². The number of thiazole rings is 1. The van der Waals surface area contributed by atoms with Gasteiger partial charge in [-0.25, -0.2) is 4.98 Å². The minimum atomic E-state index is -0.133. The SMILES string of the molecule is C[C@H](C(=O)Nc1ccccc1)N1CCCN(c2nccs2)CC1. The molecule has 1 amide bonds. The predicted molar refractivity (Wildman–Crippen MR) is 95.1 cm³/mol. The molecule has 3 rings (SSSR count). The van der Waals surface area contributed by atoms with Gasteiger partial charge < -0.3 is 10.2 Å². The largest absolute Gasteiger partial charge is 0.347 e. The first kappa shape index (κ1) is 16.0. The summed E-state index contributed by atoms with van der Waals surface area (Å²) in [5, 5.41) is 6.08. The molecule has 5 nitrogen and oxygen atoms in total. The predicted octanol–water partition coefficient (Wildman–Crippen LogP) is 2.68. The van der Waals surface area contributed by atoms with Crippen LogP contribution in [0.5, 0.6) is 0 Å².